The predicted molar refractivity (Wildman–Crippen MR) is 164 cm³/mol. The van der Waals surface area contributed by atoms with Crippen LogP contribution in [0.4, 0.5) is 20.1 Å². The van der Waals surface area contributed by atoms with E-state index < -0.39 is 12.2 Å². The molecule has 3 heterocycles. The van der Waals surface area contributed by atoms with Crippen molar-refractivity contribution in [1.29, 1.82) is 0 Å². The summed E-state index contributed by atoms with van der Waals surface area (Å²) in [7, 11) is 2.05. The highest BCUT2D eigenvalue weighted by molar-refractivity contribution is 6.10. The van der Waals surface area contributed by atoms with Crippen LogP contribution >= 0.6 is 0 Å². The summed E-state index contributed by atoms with van der Waals surface area (Å²) in [5.41, 5.74) is 1.03. The lowest BCUT2D eigenvalue weighted by molar-refractivity contribution is 0.156. The molecular weight excluding hydrogens is 562 g/mol. The number of carbonyl (C=O) groups is 3. The summed E-state index contributed by atoms with van der Waals surface area (Å²) in [6, 6.07) is 27.0. The SMILES string of the molecule is CN1CCN(C(=O)n2ccc3cc(Oc4ccnc(OC(=O)N(C(=O)Oc5ccccc5)c5ccccc5)c4)ccc32)CC1. The summed E-state index contributed by atoms with van der Waals surface area (Å²) in [5, 5.41) is 0.834. The van der Waals surface area contributed by atoms with Crippen molar-refractivity contribution in [2.75, 3.05) is 38.1 Å². The van der Waals surface area contributed by atoms with Crippen LogP contribution in [0.25, 0.3) is 10.9 Å². The Hall–Kier alpha value is -5.68. The van der Waals surface area contributed by atoms with Gasteiger partial charge < -0.3 is 24.0 Å². The molecule has 1 aliphatic heterocycles. The van der Waals surface area contributed by atoms with E-state index in [1.165, 1.54) is 12.3 Å². The number of likely N-dealkylation sites (N-methyl/N-ethyl adjacent to an activating group) is 1. The number of carbonyl (C=O) groups excluding carboxylic acids is 3. The number of amides is 3. The number of hydrogen-bond acceptors (Lipinski definition) is 8. The molecule has 44 heavy (non-hydrogen) atoms. The van der Waals surface area contributed by atoms with Gasteiger partial charge in [-0.15, -0.1) is 0 Å². The number of nitrogens with zero attached hydrogens (tertiary/aromatic N) is 5. The van der Waals surface area contributed by atoms with Crippen LogP contribution in [0, 0.1) is 0 Å². The van der Waals surface area contributed by atoms with E-state index in [4.69, 9.17) is 14.2 Å². The number of rotatable bonds is 5. The standard InChI is InChI=1S/C33H29N5O6/c1-35-18-20-36(21-19-35)31(39)37-17-15-24-22-27(12-13-29(24)37)42-28-14-16-34-30(23-28)44-33(41)38(25-8-4-2-5-9-25)32(40)43-26-10-6-3-7-11-26/h2-17,22-23H,18-21H2,1H3. The number of ether oxygens (including phenoxy) is 3. The third kappa shape index (κ3) is 6.37. The summed E-state index contributed by atoms with van der Waals surface area (Å²) in [5.74, 6) is 1.07. The molecule has 0 radical (unpaired) electrons. The van der Waals surface area contributed by atoms with Gasteiger partial charge in [0.05, 0.1) is 11.2 Å². The molecular formula is C33H29N5O6. The van der Waals surface area contributed by atoms with Crippen LogP contribution in [0.5, 0.6) is 23.1 Å². The first-order valence-electron chi connectivity index (χ1n) is 14.0. The zero-order chi connectivity index (χ0) is 30.5. The summed E-state index contributed by atoms with van der Waals surface area (Å²) in [4.78, 5) is 48.3. The zero-order valence-electron chi connectivity index (χ0n) is 23.9. The van der Waals surface area contributed by atoms with Gasteiger partial charge in [0.1, 0.15) is 17.2 Å². The lowest BCUT2D eigenvalue weighted by Gasteiger charge is -2.32. The van der Waals surface area contributed by atoms with Gasteiger partial charge in [-0.2, -0.15) is 4.90 Å². The first-order valence-corrected chi connectivity index (χ1v) is 14.0. The van der Waals surface area contributed by atoms with Gasteiger partial charge in [0, 0.05) is 50.0 Å². The predicted octanol–water partition coefficient (Wildman–Crippen LogP) is 6.25. The minimum Gasteiger partial charge on any atom is -0.457 e. The Morgan fingerprint density at radius 3 is 2.16 bits per heavy atom. The Morgan fingerprint density at radius 2 is 1.41 bits per heavy atom. The molecule has 3 amide bonds. The number of imide groups is 1. The van der Waals surface area contributed by atoms with Crippen LogP contribution in [0.1, 0.15) is 0 Å². The van der Waals surface area contributed by atoms with Gasteiger partial charge in [0.15, 0.2) is 0 Å². The quantitative estimate of drug-likeness (QED) is 0.236. The lowest BCUT2D eigenvalue weighted by atomic mass is 10.2. The number of anilines is 1. The first-order chi connectivity index (χ1) is 21.4. The molecule has 0 saturated carbocycles. The molecule has 0 N–H and O–H groups in total. The third-order valence-corrected chi connectivity index (χ3v) is 7.10. The molecule has 0 bridgehead atoms. The Labute approximate surface area is 253 Å². The Kier molecular flexibility index (Phi) is 8.19. The first kappa shape index (κ1) is 28.4. The summed E-state index contributed by atoms with van der Waals surface area (Å²) < 4.78 is 18.6. The molecule has 1 aliphatic rings. The monoisotopic (exact) mass is 591 g/mol. The van der Waals surface area contributed by atoms with Crippen LogP contribution in [0.3, 0.4) is 0 Å². The second-order valence-electron chi connectivity index (χ2n) is 10.1. The van der Waals surface area contributed by atoms with Crippen molar-refractivity contribution in [1.82, 2.24) is 19.4 Å². The molecule has 3 aromatic carbocycles. The maximum Gasteiger partial charge on any atom is 0.430 e. The molecule has 0 aliphatic carbocycles. The van der Waals surface area contributed by atoms with Gasteiger partial charge >= 0.3 is 18.2 Å². The zero-order valence-corrected chi connectivity index (χ0v) is 23.9. The van der Waals surface area contributed by atoms with E-state index >= 15 is 0 Å². The molecule has 2 aromatic heterocycles. The van der Waals surface area contributed by atoms with Crippen LogP contribution in [-0.2, 0) is 0 Å². The molecule has 6 rings (SSSR count). The number of fused-ring (bicyclic) bond motifs is 1. The van der Waals surface area contributed by atoms with E-state index in [9.17, 15) is 14.4 Å². The van der Waals surface area contributed by atoms with Crippen molar-refractivity contribution in [3.63, 3.8) is 0 Å². The molecule has 11 nitrogen and oxygen atoms in total. The van der Waals surface area contributed by atoms with E-state index in [0.717, 1.165) is 28.9 Å². The highest BCUT2D eigenvalue weighted by Crippen LogP contribution is 2.29. The normalized spacial score (nSPS) is 13.3. The van der Waals surface area contributed by atoms with E-state index in [1.54, 1.807) is 83.6 Å². The minimum atomic E-state index is -1.01. The number of piperazine rings is 1. The molecule has 1 saturated heterocycles. The Morgan fingerprint density at radius 1 is 0.727 bits per heavy atom. The van der Waals surface area contributed by atoms with Gasteiger partial charge in [-0.3, -0.25) is 4.57 Å². The second kappa shape index (κ2) is 12.7. The van der Waals surface area contributed by atoms with Crippen LogP contribution in [0.15, 0.2) is 109 Å². The molecule has 0 unspecified atom stereocenters. The number of aromatic nitrogens is 2. The number of benzene rings is 3. The van der Waals surface area contributed by atoms with E-state index in [-0.39, 0.29) is 23.3 Å². The van der Waals surface area contributed by atoms with Crippen molar-refractivity contribution < 1.29 is 28.6 Å². The molecule has 5 aromatic rings. The van der Waals surface area contributed by atoms with Gasteiger partial charge in [-0.25, -0.2) is 19.4 Å². The van der Waals surface area contributed by atoms with Crippen molar-refractivity contribution in [2.45, 2.75) is 0 Å². The molecule has 0 atom stereocenters. The lowest BCUT2D eigenvalue weighted by Crippen LogP contribution is -2.48. The van der Waals surface area contributed by atoms with Gasteiger partial charge in [-0.1, -0.05) is 36.4 Å². The molecule has 11 heteroatoms. The largest absolute Gasteiger partial charge is 0.457 e. The van der Waals surface area contributed by atoms with Crippen molar-refractivity contribution in [3.05, 3.63) is 109 Å². The van der Waals surface area contributed by atoms with E-state index in [1.807, 2.05) is 30.1 Å². The molecule has 222 valence electrons. The average molecular weight is 592 g/mol. The second-order valence-corrected chi connectivity index (χ2v) is 10.1. The van der Waals surface area contributed by atoms with Crippen molar-refractivity contribution >= 4 is 34.8 Å². The minimum absolute atomic E-state index is 0.0560. The maximum atomic E-state index is 13.2. The molecule has 1 fully saturated rings. The van der Waals surface area contributed by atoms with Crippen molar-refractivity contribution in [2.24, 2.45) is 0 Å². The summed E-state index contributed by atoms with van der Waals surface area (Å²) >= 11 is 0. The van der Waals surface area contributed by atoms with Gasteiger partial charge in [0.25, 0.3) is 0 Å². The topological polar surface area (TPSA) is 106 Å². The highest BCUT2D eigenvalue weighted by atomic mass is 16.6. The summed E-state index contributed by atoms with van der Waals surface area (Å²) in [6.45, 7) is 3.05. The van der Waals surface area contributed by atoms with Crippen molar-refractivity contribution in [3.8, 4) is 23.1 Å². The fraction of sp³-hybridized carbons (Fsp3) is 0.152. The highest BCUT2D eigenvalue weighted by Gasteiger charge is 2.28. The summed E-state index contributed by atoms with van der Waals surface area (Å²) in [6.07, 6.45) is 1.25. The van der Waals surface area contributed by atoms with Crippen LogP contribution < -0.4 is 19.1 Å². The number of hydrogen-bond donors (Lipinski definition) is 0. The fourth-order valence-electron chi connectivity index (χ4n) is 4.78. The average Bonchev–Trinajstić information content (AvgIpc) is 3.46. The third-order valence-electron chi connectivity index (χ3n) is 7.10. The van der Waals surface area contributed by atoms with Crippen LogP contribution in [-0.4, -0.2) is 70.8 Å². The van der Waals surface area contributed by atoms with E-state index in [0.29, 0.717) is 24.6 Å². The van der Waals surface area contributed by atoms with Gasteiger partial charge in [0.2, 0.25) is 5.88 Å². The van der Waals surface area contributed by atoms with E-state index in [2.05, 4.69) is 9.88 Å². The maximum absolute atomic E-state index is 13.2. The molecule has 0 spiro atoms. The number of pyridine rings is 1. The Balaban J connectivity index is 1.16. The van der Waals surface area contributed by atoms with Crippen LogP contribution in [0.2, 0.25) is 0 Å². The fourth-order valence-corrected chi connectivity index (χ4v) is 4.78. The van der Waals surface area contributed by atoms with Gasteiger partial charge in [-0.05, 0) is 61.6 Å². The number of para-hydroxylation sites is 2. The Bertz CT molecular complexity index is 1780. The smallest absolute Gasteiger partial charge is 0.430 e.